The molecule has 0 aliphatic heterocycles. The molecule has 3 heterocycles. The predicted octanol–water partition coefficient (Wildman–Crippen LogP) is 6.03. The first-order chi connectivity index (χ1) is 17.7. The van der Waals surface area contributed by atoms with Crippen molar-refractivity contribution in [2.75, 3.05) is 11.9 Å². The number of fused-ring (bicyclic) bond motifs is 1. The van der Waals surface area contributed by atoms with E-state index in [-0.39, 0.29) is 0 Å². The number of aromatic nitrogens is 4. The zero-order valence-electron chi connectivity index (χ0n) is 21.7. The lowest BCUT2D eigenvalue weighted by molar-refractivity contribution is 0.0899. The number of aryl methyl sites for hydroxylation is 2. The lowest BCUT2D eigenvalue weighted by Crippen LogP contribution is -2.22. The summed E-state index contributed by atoms with van der Waals surface area (Å²) in [6.45, 7) is 11.8. The molecule has 10 heteroatoms. The minimum absolute atomic E-state index is 0.297. The van der Waals surface area contributed by atoms with Crippen LogP contribution in [0.15, 0.2) is 42.7 Å². The number of pyridine rings is 1. The van der Waals surface area contributed by atoms with E-state index in [1.165, 1.54) is 6.20 Å². The summed E-state index contributed by atoms with van der Waals surface area (Å²) >= 11 is 0. The third-order valence-corrected chi connectivity index (χ3v) is 7.44. The van der Waals surface area contributed by atoms with Gasteiger partial charge < -0.3 is 19.4 Å². The Hall–Kier alpha value is -4.25. The highest BCUT2D eigenvalue weighted by atomic mass is 28.3. The van der Waals surface area contributed by atoms with E-state index in [0.29, 0.717) is 53.5 Å². The molecule has 4 rings (SSSR count). The summed E-state index contributed by atoms with van der Waals surface area (Å²) in [5, 5.41) is 22.2. The molecule has 1 N–H and O–H groups in total. The largest absolute Gasteiger partial charge is 0.438 e. The zero-order valence-corrected chi connectivity index (χ0v) is 22.7. The Balaban J connectivity index is 1.70. The smallest absolute Gasteiger partial charge is 0.233 e. The molecule has 0 radical (unpaired) electrons. The third kappa shape index (κ3) is 6.31. The van der Waals surface area contributed by atoms with Gasteiger partial charge in [-0.2, -0.15) is 20.5 Å². The van der Waals surface area contributed by atoms with Crippen LogP contribution in [0, 0.1) is 36.5 Å². The maximum Gasteiger partial charge on any atom is 0.233 e. The van der Waals surface area contributed by atoms with Crippen molar-refractivity contribution in [3.63, 3.8) is 0 Å². The van der Waals surface area contributed by atoms with Crippen LogP contribution in [0.3, 0.4) is 0 Å². The number of nitrogens with one attached hydrogen (secondary N) is 1. The van der Waals surface area contributed by atoms with E-state index in [4.69, 9.17) is 19.7 Å². The minimum atomic E-state index is -1.20. The van der Waals surface area contributed by atoms with Crippen LogP contribution in [0.5, 0.6) is 11.6 Å². The van der Waals surface area contributed by atoms with Crippen LogP contribution in [0.1, 0.15) is 22.3 Å². The minimum Gasteiger partial charge on any atom is -0.438 e. The van der Waals surface area contributed by atoms with Crippen molar-refractivity contribution in [2.24, 2.45) is 0 Å². The Kier molecular flexibility index (Phi) is 7.53. The summed E-state index contributed by atoms with van der Waals surface area (Å²) in [7, 11) is -1.20. The molecule has 0 saturated heterocycles. The van der Waals surface area contributed by atoms with Crippen LogP contribution in [0.4, 0.5) is 11.8 Å². The number of rotatable bonds is 9. The highest BCUT2D eigenvalue weighted by molar-refractivity contribution is 6.76. The summed E-state index contributed by atoms with van der Waals surface area (Å²) in [6, 6.07) is 14.2. The maximum absolute atomic E-state index is 9.30. The lowest BCUT2D eigenvalue weighted by atomic mass is 10.1. The molecule has 4 aromatic rings. The van der Waals surface area contributed by atoms with Crippen LogP contribution >= 0.6 is 0 Å². The molecule has 0 saturated carbocycles. The fraction of sp³-hybridized carbons (Fsp3) is 0.296. The van der Waals surface area contributed by atoms with Gasteiger partial charge in [0, 0.05) is 27.1 Å². The number of ether oxygens (including phenoxy) is 2. The standard InChI is InChI=1S/C27H29N7O2Si/c1-18-12-21(15-29)13-19(2)24(18)36-26-22-8-9-34(17-35-10-11-37(3,4)5)25(22)32-27(33-26)31-23-7-6-20(14-28)16-30-23/h6-9,12-13,16H,10-11,17H2,1-5H3,(H,30,31,32,33). The van der Waals surface area contributed by atoms with Crippen molar-refractivity contribution in [3.05, 3.63) is 65.0 Å². The van der Waals surface area contributed by atoms with Gasteiger partial charge in [0.2, 0.25) is 11.8 Å². The molecule has 3 aromatic heterocycles. The van der Waals surface area contributed by atoms with Crippen molar-refractivity contribution in [1.29, 1.82) is 10.5 Å². The summed E-state index contributed by atoms with van der Waals surface area (Å²) in [6.07, 6.45) is 3.39. The van der Waals surface area contributed by atoms with E-state index in [1.54, 1.807) is 24.3 Å². The first-order valence-electron chi connectivity index (χ1n) is 11.9. The summed E-state index contributed by atoms with van der Waals surface area (Å²) in [4.78, 5) is 13.6. The van der Waals surface area contributed by atoms with Crippen molar-refractivity contribution in [2.45, 2.75) is 46.3 Å². The van der Waals surface area contributed by atoms with Gasteiger partial charge in [-0.25, -0.2) is 4.98 Å². The van der Waals surface area contributed by atoms with Gasteiger partial charge in [0.05, 0.1) is 22.6 Å². The Bertz CT molecular complexity index is 1490. The van der Waals surface area contributed by atoms with Crippen molar-refractivity contribution in [1.82, 2.24) is 19.5 Å². The Morgan fingerprint density at radius 1 is 1.00 bits per heavy atom. The monoisotopic (exact) mass is 511 g/mol. The molecule has 188 valence electrons. The molecule has 0 bridgehead atoms. The quantitative estimate of drug-likeness (QED) is 0.213. The van der Waals surface area contributed by atoms with Crippen LogP contribution in [0.2, 0.25) is 25.7 Å². The van der Waals surface area contributed by atoms with Crippen LogP contribution in [0.25, 0.3) is 11.0 Å². The Morgan fingerprint density at radius 2 is 1.73 bits per heavy atom. The molecule has 0 atom stereocenters. The highest BCUT2D eigenvalue weighted by Crippen LogP contribution is 2.34. The Labute approximate surface area is 217 Å². The van der Waals surface area contributed by atoms with Gasteiger partial charge >= 0.3 is 0 Å². The molecule has 1 aromatic carbocycles. The van der Waals surface area contributed by atoms with Crippen LogP contribution in [-0.4, -0.2) is 34.2 Å². The molecule has 0 spiro atoms. The highest BCUT2D eigenvalue weighted by Gasteiger charge is 2.17. The number of anilines is 2. The normalized spacial score (nSPS) is 11.2. The molecule has 0 aliphatic carbocycles. The number of benzene rings is 1. The second-order valence-corrected chi connectivity index (χ2v) is 15.7. The molecule has 0 aliphatic rings. The van der Waals surface area contributed by atoms with E-state index in [1.807, 2.05) is 30.7 Å². The first-order valence-corrected chi connectivity index (χ1v) is 15.6. The molecule has 37 heavy (non-hydrogen) atoms. The SMILES string of the molecule is Cc1cc(C#N)cc(C)c1Oc1nc(Nc2ccc(C#N)cn2)nc2c1ccn2COCC[Si](C)(C)C. The van der Waals surface area contributed by atoms with E-state index in [2.05, 4.69) is 47.1 Å². The van der Waals surface area contributed by atoms with Gasteiger partial charge in [-0.1, -0.05) is 19.6 Å². The lowest BCUT2D eigenvalue weighted by Gasteiger charge is -2.16. The van der Waals surface area contributed by atoms with E-state index >= 15 is 0 Å². The number of hydrogen-bond donors (Lipinski definition) is 1. The number of nitriles is 2. The maximum atomic E-state index is 9.30. The third-order valence-electron chi connectivity index (χ3n) is 5.73. The molecule has 9 nitrogen and oxygen atoms in total. The van der Waals surface area contributed by atoms with Gasteiger partial charge in [0.15, 0.2) is 5.65 Å². The fourth-order valence-corrected chi connectivity index (χ4v) is 4.49. The molecule has 0 fully saturated rings. The van der Waals surface area contributed by atoms with Gasteiger partial charge in [-0.3, -0.25) is 0 Å². The molecule has 0 unspecified atom stereocenters. The first kappa shape index (κ1) is 25.8. The number of hydrogen-bond acceptors (Lipinski definition) is 8. The molecular weight excluding hydrogens is 482 g/mol. The summed E-state index contributed by atoms with van der Waals surface area (Å²) in [5.74, 6) is 1.81. The zero-order chi connectivity index (χ0) is 26.6. The van der Waals surface area contributed by atoms with Gasteiger partial charge in [-0.05, 0) is 61.4 Å². The van der Waals surface area contributed by atoms with Gasteiger partial charge in [-0.15, -0.1) is 0 Å². The van der Waals surface area contributed by atoms with Crippen molar-refractivity contribution >= 4 is 30.9 Å². The van der Waals surface area contributed by atoms with Gasteiger partial charge in [0.1, 0.15) is 24.4 Å². The second kappa shape index (κ2) is 10.8. The summed E-state index contributed by atoms with van der Waals surface area (Å²) in [5.41, 5.74) is 3.35. The average molecular weight is 512 g/mol. The van der Waals surface area contributed by atoms with Crippen LogP contribution < -0.4 is 10.1 Å². The van der Waals surface area contributed by atoms with E-state index in [0.717, 1.165) is 22.6 Å². The van der Waals surface area contributed by atoms with E-state index in [9.17, 15) is 5.26 Å². The van der Waals surface area contributed by atoms with E-state index < -0.39 is 8.07 Å². The van der Waals surface area contributed by atoms with Gasteiger partial charge in [0.25, 0.3) is 0 Å². The van der Waals surface area contributed by atoms with Crippen molar-refractivity contribution in [3.8, 4) is 23.8 Å². The fourth-order valence-electron chi connectivity index (χ4n) is 3.74. The predicted molar refractivity (Wildman–Crippen MR) is 145 cm³/mol. The molecule has 0 amide bonds. The average Bonchev–Trinajstić information content (AvgIpc) is 3.26. The number of nitrogens with zero attached hydrogens (tertiary/aromatic N) is 6. The topological polar surface area (TPSA) is 122 Å². The van der Waals surface area contributed by atoms with Crippen LogP contribution in [-0.2, 0) is 11.5 Å². The molecular formula is C27H29N7O2Si. The second-order valence-electron chi connectivity index (χ2n) is 10.0. The Morgan fingerprint density at radius 3 is 2.35 bits per heavy atom. The van der Waals surface area contributed by atoms with Crippen molar-refractivity contribution < 1.29 is 9.47 Å². The summed E-state index contributed by atoms with van der Waals surface area (Å²) < 4.78 is 14.2.